The highest BCUT2D eigenvalue weighted by Crippen LogP contribution is 2.31. The van der Waals surface area contributed by atoms with Crippen LogP contribution in [0.1, 0.15) is 0 Å². The number of aromatic nitrogens is 3. The molecule has 1 aliphatic heterocycles. The number of rotatable bonds is 4. The average Bonchev–Trinajstić information content (AvgIpc) is 2.67. The van der Waals surface area contributed by atoms with Crippen molar-refractivity contribution in [3.05, 3.63) is 46.8 Å². The van der Waals surface area contributed by atoms with E-state index in [2.05, 4.69) is 25.6 Å². The number of hydrogen-bond acceptors (Lipinski definition) is 7. The summed E-state index contributed by atoms with van der Waals surface area (Å²) in [6.45, 7) is 1.66. The molecule has 4 rings (SSSR count). The van der Waals surface area contributed by atoms with Crippen LogP contribution in [0.25, 0.3) is 10.9 Å². The second-order valence-electron chi connectivity index (χ2n) is 6.21. The molecule has 3 aromatic rings. The molecule has 0 bridgehead atoms. The molecule has 1 saturated heterocycles. The monoisotopic (exact) mass is 475 g/mol. The summed E-state index contributed by atoms with van der Waals surface area (Å²) in [5, 5.41) is 15.4. The summed E-state index contributed by atoms with van der Waals surface area (Å²) >= 11 is 12.2. The fourth-order valence-corrected chi connectivity index (χ4v) is 2.79. The van der Waals surface area contributed by atoms with Crippen LogP contribution in [-0.2, 0) is 4.79 Å². The van der Waals surface area contributed by atoms with Crippen molar-refractivity contribution in [3.8, 4) is 5.88 Å². The van der Waals surface area contributed by atoms with Crippen LogP contribution in [0.3, 0.4) is 0 Å². The fourth-order valence-electron chi connectivity index (χ4n) is 2.34. The molecule has 0 spiro atoms. The Balaban J connectivity index is 0.000000339. The summed E-state index contributed by atoms with van der Waals surface area (Å²) in [5.74, 6) is -1.58. The van der Waals surface area contributed by atoms with Gasteiger partial charge in [-0.05, 0) is 18.2 Å². The van der Waals surface area contributed by atoms with Gasteiger partial charge in [0.2, 0.25) is 5.88 Å². The standard InChI is InChI=1S/C16H13Cl2N5O.C2HF3O2/c17-9-1-2-13(12(18)3-9)23-16-11-4-15(24-10-5-19-6-10)20-7-14(11)21-8-22-16;3-2(4,5)1(6)7/h1-4,7-8,10,19H,5-6H2,(H,21,22,23);(H,6,7). The number of hydrogen-bond donors (Lipinski definition) is 3. The Morgan fingerprint density at radius 1 is 1.19 bits per heavy atom. The molecule has 31 heavy (non-hydrogen) atoms. The molecule has 0 atom stereocenters. The van der Waals surface area contributed by atoms with Gasteiger partial charge in [0, 0.05) is 29.6 Å². The molecule has 0 unspecified atom stereocenters. The summed E-state index contributed by atoms with van der Waals surface area (Å²) in [4.78, 5) is 21.7. The maximum Gasteiger partial charge on any atom is 0.490 e. The van der Waals surface area contributed by atoms with Gasteiger partial charge < -0.3 is 20.5 Å². The Labute approximate surface area is 183 Å². The third kappa shape index (κ3) is 6.06. The molecule has 0 amide bonds. The second-order valence-corrected chi connectivity index (χ2v) is 7.06. The third-order valence-corrected chi connectivity index (χ3v) is 4.50. The summed E-state index contributed by atoms with van der Waals surface area (Å²) in [7, 11) is 0. The van der Waals surface area contributed by atoms with Crippen LogP contribution in [0, 0.1) is 0 Å². The van der Waals surface area contributed by atoms with Gasteiger partial charge in [0.15, 0.2) is 0 Å². The Bertz CT molecular complexity index is 1100. The lowest BCUT2D eigenvalue weighted by atomic mass is 10.2. The highest BCUT2D eigenvalue weighted by molar-refractivity contribution is 6.36. The zero-order chi connectivity index (χ0) is 22.6. The lowest BCUT2D eigenvalue weighted by Crippen LogP contribution is -2.50. The van der Waals surface area contributed by atoms with Gasteiger partial charge in [0.25, 0.3) is 0 Å². The predicted octanol–water partition coefficient (Wildman–Crippen LogP) is 4.06. The van der Waals surface area contributed by atoms with Gasteiger partial charge in [0.05, 0.1) is 22.4 Å². The van der Waals surface area contributed by atoms with Crippen molar-refractivity contribution in [2.75, 3.05) is 18.4 Å². The van der Waals surface area contributed by atoms with E-state index in [1.54, 1.807) is 24.4 Å². The van der Waals surface area contributed by atoms with Crippen LogP contribution in [0.4, 0.5) is 24.7 Å². The quantitative estimate of drug-likeness (QED) is 0.518. The largest absolute Gasteiger partial charge is 0.490 e. The molecule has 8 nitrogen and oxygen atoms in total. The van der Waals surface area contributed by atoms with E-state index in [0.29, 0.717) is 27.4 Å². The predicted molar refractivity (Wildman–Crippen MR) is 108 cm³/mol. The summed E-state index contributed by atoms with van der Waals surface area (Å²) in [5.41, 5.74) is 1.43. The van der Waals surface area contributed by atoms with Gasteiger partial charge in [-0.3, -0.25) is 0 Å². The maximum atomic E-state index is 10.6. The number of carboxylic acid groups (broad SMARTS) is 1. The van der Waals surface area contributed by atoms with Crippen LogP contribution in [0.5, 0.6) is 5.88 Å². The van der Waals surface area contributed by atoms with Crippen LogP contribution < -0.4 is 15.4 Å². The first-order valence-corrected chi connectivity index (χ1v) is 9.39. The Kier molecular flexibility index (Phi) is 6.98. The molecule has 0 radical (unpaired) electrons. The first-order chi connectivity index (χ1) is 14.6. The minimum Gasteiger partial charge on any atom is -0.475 e. The van der Waals surface area contributed by atoms with Gasteiger partial charge in [-0.1, -0.05) is 23.2 Å². The summed E-state index contributed by atoms with van der Waals surface area (Å²) < 4.78 is 37.5. The van der Waals surface area contributed by atoms with E-state index < -0.39 is 12.1 Å². The number of halogens is 5. The summed E-state index contributed by atoms with van der Waals surface area (Å²) in [6, 6.07) is 7.07. The number of anilines is 2. The van der Waals surface area contributed by atoms with Crippen molar-refractivity contribution >= 4 is 51.6 Å². The van der Waals surface area contributed by atoms with Gasteiger partial charge >= 0.3 is 12.1 Å². The Morgan fingerprint density at radius 3 is 2.48 bits per heavy atom. The van der Waals surface area contributed by atoms with Crippen molar-refractivity contribution in [1.82, 2.24) is 20.3 Å². The summed E-state index contributed by atoms with van der Waals surface area (Å²) in [6.07, 6.45) is -1.78. The maximum absolute atomic E-state index is 10.6. The van der Waals surface area contributed by atoms with E-state index in [0.717, 1.165) is 24.0 Å². The topological polar surface area (TPSA) is 109 Å². The molecule has 0 saturated carbocycles. The molecule has 164 valence electrons. The van der Waals surface area contributed by atoms with Gasteiger partial charge in [-0.25, -0.2) is 19.7 Å². The smallest absolute Gasteiger partial charge is 0.475 e. The van der Waals surface area contributed by atoms with Crippen LogP contribution in [-0.4, -0.2) is 51.4 Å². The number of alkyl halides is 3. The van der Waals surface area contributed by atoms with E-state index in [9.17, 15) is 13.2 Å². The normalized spacial score (nSPS) is 13.7. The molecule has 1 aromatic carbocycles. The molecule has 13 heteroatoms. The average molecular weight is 476 g/mol. The number of aliphatic carboxylic acids is 1. The minimum atomic E-state index is -5.08. The van der Waals surface area contributed by atoms with Gasteiger partial charge in [0.1, 0.15) is 18.2 Å². The van der Waals surface area contributed by atoms with Gasteiger partial charge in [-0.15, -0.1) is 0 Å². The first kappa shape index (κ1) is 22.8. The number of ether oxygens (including phenoxy) is 1. The van der Waals surface area contributed by atoms with Crippen molar-refractivity contribution in [1.29, 1.82) is 0 Å². The first-order valence-electron chi connectivity index (χ1n) is 8.64. The number of fused-ring (bicyclic) bond motifs is 1. The molecular weight excluding hydrogens is 462 g/mol. The number of carboxylic acids is 1. The van der Waals surface area contributed by atoms with Crippen molar-refractivity contribution in [2.45, 2.75) is 12.3 Å². The third-order valence-electron chi connectivity index (χ3n) is 3.95. The minimum absolute atomic E-state index is 0.154. The van der Waals surface area contributed by atoms with Crippen molar-refractivity contribution in [3.63, 3.8) is 0 Å². The van der Waals surface area contributed by atoms with Crippen LogP contribution in [0.15, 0.2) is 36.8 Å². The number of pyridine rings is 1. The second kappa shape index (κ2) is 9.50. The van der Waals surface area contributed by atoms with Crippen molar-refractivity contribution < 1.29 is 27.8 Å². The molecule has 2 aromatic heterocycles. The lowest BCUT2D eigenvalue weighted by Gasteiger charge is -2.27. The molecule has 3 N–H and O–H groups in total. The number of nitrogens with one attached hydrogen (secondary N) is 2. The van der Waals surface area contributed by atoms with Crippen LogP contribution >= 0.6 is 23.2 Å². The highest BCUT2D eigenvalue weighted by atomic mass is 35.5. The zero-order valence-electron chi connectivity index (χ0n) is 15.5. The van der Waals surface area contributed by atoms with Crippen molar-refractivity contribution in [2.24, 2.45) is 0 Å². The SMILES string of the molecule is Clc1ccc(Nc2ncnc3cnc(OC4CNC4)cc23)c(Cl)c1.O=C(O)C(F)(F)F. The Morgan fingerprint density at radius 2 is 1.90 bits per heavy atom. The number of nitrogens with zero attached hydrogens (tertiary/aromatic N) is 3. The zero-order valence-corrected chi connectivity index (χ0v) is 17.0. The Hall–Kier alpha value is -2.89. The number of carbonyl (C=O) groups is 1. The van der Waals surface area contributed by atoms with E-state index in [1.807, 2.05) is 6.07 Å². The van der Waals surface area contributed by atoms with E-state index in [-0.39, 0.29) is 6.10 Å². The molecule has 3 heterocycles. The van der Waals surface area contributed by atoms with Crippen LogP contribution in [0.2, 0.25) is 10.0 Å². The lowest BCUT2D eigenvalue weighted by molar-refractivity contribution is -0.192. The molecule has 0 aliphatic carbocycles. The molecular formula is C18H14Cl2F3N5O3. The number of benzene rings is 1. The van der Waals surface area contributed by atoms with E-state index in [4.69, 9.17) is 37.8 Å². The fraction of sp³-hybridized carbons (Fsp3) is 0.222. The molecule has 1 aliphatic rings. The van der Waals surface area contributed by atoms with Gasteiger partial charge in [-0.2, -0.15) is 13.2 Å². The van der Waals surface area contributed by atoms with E-state index >= 15 is 0 Å². The molecule has 1 fully saturated rings. The highest BCUT2D eigenvalue weighted by Gasteiger charge is 2.38. The van der Waals surface area contributed by atoms with E-state index in [1.165, 1.54) is 6.33 Å².